The molecule has 0 amide bonds. The van der Waals surface area contributed by atoms with E-state index >= 15 is 0 Å². The number of hydrogen-bond donors (Lipinski definition) is 0. The van der Waals surface area contributed by atoms with E-state index in [-0.39, 0.29) is 11.6 Å². The van der Waals surface area contributed by atoms with Gasteiger partial charge in [0.1, 0.15) is 0 Å². The molecule has 0 aromatic rings. The van der Waals surface area contributed by atoms with E-state index in [1.807, 2.05) is 6.08 Å². The normalized spacial score (nSPS) is 43.2. The molecule has 2 bridgehead atoms. The van der Waals surface area contributed by atoms with E-state index in [2.05, 4.69) is 18.7 Å². The van der Waals surface area contributed by atoms with Crippen LogP contribution in [0.5, 0.6) is 0 Å². The molecule has 4 rings (SSSR count). The highest BCUT2D eigenvalue weighted by molar-refractivity contribution is 5.87. The second kappa shape index (κ2) is 4.33. The maximum absolute atomic E-state index is 11.9. The third-order valence-electron chi connectivity index (χ3n) is 5.94. The van der Waals surface area contributed by atoms with Crippen LogP contribution in [0.25, 0.3) is 0 Å². The van der Waals surface area contributed by atoms with Gasteiger partial charge in [0.15, 0.2) is 5.60 Å². The van der Waals surface area contributed by atoms with E-state index in [1.165, 1.54) is 37.8 Å². The summed E-state index contributed by atoms with van der Waals surface area (Å²) < 4.78 is 5.89. The zero-order valence-corrected chi connectivity index (χ0v) is 12.6. The summed E-state index contributed by atoms with van der Waals surface area (Å²) in [5.41, 5.74) is 1.09. The van der Waals surface area contributed by atoms with Crippen molar-refractivity contribution in [1.82, 2.24) is 4.90 Å². The molecular weight excluding hydrogens is 250 g/mol. The van der Waals surface area contributed by atoms with Crippen molar-refractivity contribution in [1.29, 1.82) is 0 Å². The number of ether oxygens (including phenoxy) is 1. The molecule has 0 aromatic carbocycles. The van der Waals surface area contributed by atoms with E-state index in [9.17, 15) is 4.79 Å². The molecule has 3 heteroatoms. The second-order valence-electron chi connectivity index (χ2n) is 7.59. The molecule has 0 aromatic heterocycles. The fourth-order valence-corrected chi connectivity index (χ4v) is 5.34. The fraction of sp³-hybridized carbons (Fsp3) is 0.824. The molecule has 4 aliphatic rings. The standard InChI is InChI=1S/C17H25NO2/c1-11(2)7-12-8-13-9-16(19)20-17(13)10-14(12)18-6-4-3-5-15(17)18/h9,11-12,14-15H,3-8,10H2,1-2H3/t12?,14-,15+,17-/m0/s1. The SMILES string of the molecule is CC(C)CC1CC2=CC(=O)O[C@@]23C[C@@H]1N1CCCC[C@@H]13. The van der Waals surface area contributed by atoms with Gasteiger partial charge in [0.05, 0.1) is 6.04 Å². The summed E-state index contributed by atoms with van der Waals surface area (Å²) in [6, 6.07) is 1.11. The van der Waals surface area contributed by atoms with Crippen LogP contribution in [0.4, 0.5) is 0 Å². The van der Waals surface area contributed by atoms with Gasteiger partial charge in [-0.25, -0.2) is 4.79 Å². The highest BCUT2D eigenvalue weighted by Gasteiger charge is 2.63. The van der Waals surface area contributed by atoms with Crippen LogP contribution >= 0.6 is 0 Å². The minimum atomic E-state index is -0.227. The Balaban J connectivity index is 1.72. The van der Waals surface area contributed by atoms with Crippen molar-refractivity contribution < 1.29 is 9.53 Å². The summed E-state index contributed by atoms with van der Waals surface area (Å²) >= 11 is 0. The molecular formula is C17H25NO2. The first-order valence-corrected chi connectivity index (χ1v) is 8.30. The Bertz CT molecular complexity index is 470. The van der Waals surface area contributed by atoms with Crippen LogP contribution in [0, 0.1) is 11.8 Å². The molecule has 0 N–H and O–H groups in total. The monoisotopic (exact) mass is 275 g/mol. The minimum Gasteiger partial charge on any atom is -0.450 e. The van der Waals surface area contributed by atoms with E-state index in [0.717, 1.165) is 18.8 Å². The molecule has 3 nitrogen and oxygen atoms in total. The van der Waals surface area contributed by atoms with Gasteiger partial charge in [-0.3, -0.25) is 4.90 Å². The van der Waals surface area contributed by atoms with Crippen molar-refractivity contribution in [3.63, 3.8) is 0 Å². The average molecular weight is 275 g/mol. The van der Waals surface area contributed by atoms with Gasteiger partial charge in [0.25, 0.3) is 0 Å². The highest BCUT2D eigenvalue weighted by Crippen LogP contribution is 2.56. The number of rotatable bonds is 2. The molecule has 3 fully saturated rings. The third kappa shape index (κ3) is 1.65. The fourth-order valence-electron chi connectivity index (χ4n) is 5.34. The summed E-state index contributed by atoms with van der Waals surface area (Å²) in [5.74, 6) is 1.36. The molecule has 1 saturated carbocycles. The Morgan fingerprint density at radius 3 is 3.10 bits per heavy atom. The highest BCUT2D eigenvalue weighted by atomic mass is 16.6. The predicted molar refractivity (Wildman–Crippen MR) is 77.2 cm³/mol. The van der Waals surface area contributed by atoms with Crippen LogP contribution in [0.1, 0.15) is 52.4 Å². The van der Waals surface area contributed by atoms with Crippen LogP contribution in [-0.2, 0) is 9.53 Å². The van der Waals surface area contributed by atoms with Crippen molar-refractivity contribution in [3.05, 3.63) is 11.6 Å². The molecule has 2 saturated heterocycles. The molecule has 1 unspecified atom stereocenters. The van der Waals surface area contributed by atoms with Crippen LogP contribution in [0.2, 0.25) is 0 Å². The number of esters is 1. The minimum absolute atomic E-state index is 0.0867. The first kappa shape index (κ1) is 12.9. The molecule has 4 atom stereocenters. The Morgan fingerprint density at radius 2 is 2.30 bits per heavy atom. The quantitative estimate of drug-likeness (QED) is 0.726. The summed E-state index contributed by atoms with van der Waals surface area (Å²) in [6.45, 7) is 5.83. The first-order chi connectivity index (χ1) is 9.60. The lowest BCUT2D eigenvalue weighted by atomic mass is 9.71. The van der Waals surface area contributed by atoms with Crippen molar-refractivity contribution in [2.45, 2.75) is 70.1 Å². The van der Waals surface area contributed by atoms with Gasteiger partial charge in [-0.05, 0) is 49.6 Å². The van der Waals surface area contributed by atoms with E-state index in [1.54, 1.807) is 0 Å². The lowest BCUT2D eigenvalue weighted by Crippen LogP contribution is -2.48. The maximum atomic E-state index is 11.9. The zero-order valence-electron chi connectivity index (χ0n) is 12.6. The number of piperidine rings is 1. The number of carbonyl (C=O) groups excluding carboxylic acids is 1. The van der Waals surface area contributed by atoms with Gasteiger partial charge in [0.2, 0.25) is 0 Å². The van der Waals surface area contributed by atoms with Gasteiger partial charge in [0, 0.05) is 18.5 Å². The van der Waals surface area contributed by atoms with E-state index in [4.69, 9.17) is 4.74 Å². The molecule has 0 radical (unpaired) electrons. The van der Waals surface area contributed by atoms with Crippen LogP contribution in [-0.4, -0.2) is 35.1 Å². The number of carbonyl (C=O) groups is 1. The Hall–Kier alpha value is -0.830. The topological polar surface area (TPSA) is 29.5 Å². The van der Waals surface area contributed by atoms with Crippen LogP contribution in [0.15, 0.2) is 11.6 Å². The molecule has 3 heterocycles. The lowest BCUT2D eigenvalue weighted by Gasteiger charge is -2.38. The van der Waals surface area contributed by atoms with Crippen molar-refractivity contribution in [3.8, 4) is 0 Å². The smallest absolute Gasteiger partial charge is 0.331 e. The van der Waals surface area contributed by atoms with Crippen LogP contribution < -0.4 is 0 Å². The van der Waals surface area contributed by atoms with Gasteiger partial charge >= 0.3 is 5.97 Å². The molecule has 20 heavy (non-hydrogen) atoms. The van der Waals surface area contributed by atoms with Gasteiger partial charge < -0.3 is 4.74 Å². The summed E-state index contributed by atoms with van der Waals surface area (Å²) in [5, 5.41) is 0. The summed E-state index contributed by atoms with van der Waals surface area (Å²) in [4.78, 5) is 14.6. The molecule has 110 valence electrons. The number of hydrogen-bond acceptors (Lipinski definition) is 3. The Kier molecular flexibility index (Phi) is 2.79. The average Bonchev–Trinajstić information content (AvgIpc) is 2.87. The first-order valence-electron chi connectivity index (χ1n) is 8.30. The van der Waals surface area contributed by atoms with Crippen molar-refractivity contribution >= 4 is 5.97 Å². The summed E-state index contributed by atoms with van der Waals surface area (Å²) in [7, 11) is 0. The predicted octanol–water partition coefficient (Wildman–Crippen LogP) is 2.90. The summed E-state index contributed by atoms with van der Waals surface area (Å²) in [6.07, 6.45) is 9.04. The largest absolute Gasteiger partial charge is 0.450 e. The number of nitrogens with zero attached hydrogens (tertiary/aromatic N) is 1. The van der Waals surface area contributed by atoms with Crippen LogP contribution in [0.3, 0.4) is 0 Å². The molecule has 1 spiro atoms. The van der Waals surface area contributed by atoms with Crippen molar-refractivity contribution in [2.24, 2.45) is 11.8 Å². The molecule has 1 aliphatic carbocycles. The van der Waals surface area contributed by atoms with Crippen molar-refractivity contribution in [2.75, 3.05) is 6.54 Å². The zero-order chi connectivity index (χ0) is 13.9. The van der Waals surface area contributed by atoms with Gasteiger partial charge in [-0.15, -0.1) is 0 Å². The molecule has 3 aliphatic heterocycles. The number of fused-ring (bicyclic) bond motifs is 3. The second-order valence-corrected chi connectivity index (χ2v) is 7.59. The Morgan fingerprint density at radius 1 is 1.45 bits per heavy atom. The van der Waals surface area contributed by atoms with Gasteiger partial charge in [-0.2, -0.15) is 0 Å². The third-order valence-corrected chi connectivity index (χ3v) is 5.94. The lowest BCUT2D eigenvalue weighted by molar-refractivity contribution is -0.148. The van der Waals surface area contributed by atoms with E-state index < -0.39 is 0 Å². The maximum Gasteiger partial charge on any atom is 0.331 e. The Labute approximate surface area is 121 Å². The van der Waals surface area contributed by atoms with E-state index in [0.29, 0.717) is 18.0 Å². The van der Waals surface area contributed by atoms with Gasteiger partial charge in [-0.1, -0.05) is 20.3 Å².